The van der Waals surface area contributed by atoms with Gasteiger partial charge in [-0.3, -0.25) is 9.59 Å². The van der Waals surface area contributed by atoms with Gasteiger partial charge in [-0.25, -0.2) is 9.59 Å². The molecule has 0 spiro atoms. The second kappa shape index (κ2) is 14.1. The first-order chi connectivity index (χ1) is 19.4. The van der Waals surface area contributed by atoms with Crippen LogP contribution in [0.2, 0.25) is 0 Å². The molecule has 1 aliphatic rings. The lowest BCUT2D eigenvalue weighted by Gasteiger charge is -2.08. The number of amides is 2. The minimum atomic E-state index is -0.402. The fourth-order valence-corrected chi connectivity index (χ4v) is 7.63. The van der Waals surface area contributed by atoms with Gasteiger partial charge >= 0.3 is 11.9 Å². The molecule has 1 N–H and O–H groups in total. The highest BCUT2D eigenvalue weighted by atomic mass is 32.2. The molecule has 0 unspecified atom stereocenters. The summed E-state index contributed by atoms with van der Waals surface area (Å²) in [6.07, 6.45) is 4.90. The fourth-order valence-electron chi connectivity index (χ4n) is 4.59. The van der Waals surface area contributed by atoms with Gasteiger partial charge in [0.15, 0.2) is 4.80 Å². The number of esters is 2. The predicted octanol–water partition coefficient (Wildman–Crippen LogP) is 5.21. The number of aromatic nitrogens is 1. The van der Waals surface area contributed by atoms with E-state index in [0.29, 0.717) is 34.1 Å². The number of nitrogens with one attached hydrogen (secondary N) is 1. The Morgan fingerprint density at radius 3 is 2.48 bits per heavy atom. The molecule has 0 bridgehead atoms. The lowest BCUT2D eigenvalue weighted by Crippen LogP contribution is -2.19. The van der Waals surface area contributed by atoms with Gasteiger partial charge in [0.05, 0.1) is 46.1 Å². The highest BCUT2D eigenvalue weighted by Crippen LogP contribution is 2.38. The van der Waals surface area contributed by atoms with Crippen LogP contribution in [0.4, 0.5) is 5.00 Å². The van der Waals surface area contributed by atoms with Crippen LogP contribution in [0.1, 0.15) is 71.2 Å². The molecule has 0 radical (unpaired) electrons. The smallest absolute Gasteiger partial charge is 0.341 e. The largest absolute Gasteiger partial charge is 0.462 e. The second-order valence-corrected chi connectivity index (χ2v) is 12.2. The van der Waals surface area contributed by atoms with Crippen LogP contribution < -0.4 is 10.1 Å². The Morgan fingerprint density at radius 1 is 0.975 bits per heavy atom. The first kappa shape index (κ1) is 30.0. The monoisotopic (exact) mass is 603 g/mol. The number of carbonyl (C=O) groups is 4. The standard InChI is InChI=1S/C28H33N3O6S3/c1-4-31-19-13-12-17(26(34)36-5-2)14-21(19)40-28(31)30-23(33)16-38-15-22(32)29-25-24(27(35)37-6-3)18-10-8-7-9-11-20(18)39-25/h12-14H,4-11,15-16H2,1-3H3,(H,29,32). The van der Waals surface area contributed by atoms with Crippen LogP contribution in [0.3, 0.4) is 0 Å². The zero-order chi connectivity index (χ0) is 28.6. The molecule has 0 aliphatic heterocycles. The van der Waals surface area contributed by atoms with Gasteiger partial charge in [-0.15, -0.1) is 23.1 Å². The number of fused-ring (bicyclic) bond motifs is 2. The maximum Gasteiger partial charge on any atom is 0.341 e. The Balaban J connectivity index is 1.41. The van der Waals surface area contributed by atoms with Crippen molar-refractivity contribution in [2.24, 2.45) is 4.99 Å². The van der Waals surface area contributed by atoms with Crippen molar-refractivity contribution < 1.29 is 28.7 Å². The number of thiophene rings is 1. The van der Waals surface area contributed by atoms with Crippen molar-refractivity contribution in [3.8, 4) is 0 Å². The van der Waals surface area contributed by atoms with E-state index in [1.54, 1.807) is 26.0 Å². The van der Waals surface area contributed by atoms with Crippen molar-refractivity contribution in [1.29, 1.82) is 0 Å². The summed E-state index contributed by atoms with van der Waals surface area (Å²) in [7, 11) is 0. The Kier molecular flexibility index (Phi) is 10.6. The second-order valence-electron chi connectivity index (χ2n) is 9.07. The van der Waals surface area contributed by atoms with Gasteiger partial charge in [-0.2, -0.15) is 4.99 Å². The van der Waals surface area contributed by atoms with Crippen LogP contribution in [0.25, 0.3) is 10.2 Å². The molecule has 3 aromatic rings. The molecule has 12 heteroatoms. The number of carbonyl (C=O) groups excluding carboxylic acids is 4. The van der Waals surface area contributed by atoms with E-state index in [2.05, 4.69) is 10.3 Å². The maximum atomic E-state index is 12.8. The number of thiazole rings is 1. The SMILES string of the molecule is CCOC(=O)c1ccc2c(c1)sc(=NC(=O)CSCC(=O)Nc1sc3c(c1C(=O)OCC)CCCCC3)n2CC. The van der Waals surface area contributed by atoms with E-state index in [9.17, 15) is 19.2 Å². The molecule has 0 atom stereocenters. The summed E-state index contributed by atoms with van der Waals surface area (Å²) in [6.45, 7) is 6.65. The Bertz CT molecular complexity index is 1490. The van der Waals surface area contributed by atoms with Crippen LogP contribution in [-0.4, -0.2) is 53.0 Å². The molecular weight excluding hydrogens is 571 g/mol. The molecule has 2 aromatic heterocycles. The first-order valence-corrected chi connectivity index (χ1v) is 16.2. The van der Waals surface area contributed by atoms with E-state index in [1.165, 1.54) is 34.4 Å². The average molecular weight is 604 g/mol. The number of anilines is 1. The lowest BCUT2D eigenvalue weighted by molar-refractivity contribution is -0.115. The third kappa shape index (κ3) is 7.02. The van der Waals surface area contributed by atoms with Gasteiger partial charge in [-0.1, -0.05) is 17.8 Å². The molecule has 40 heavy (non-hydrogen) atoms. The van der Waals surface area contributed by atoms with E-state index >= 15 is 0 Å². The molecule has 1 aliphatic carbocycles. The third-order valence-electron chi connectivity index (χ3n) is 6.34. The quantitative estimate of drug-likeness (QED) is 0.250. The van der Waals surface area contributed by atoms with Gasteiger partial charge in [-0.05, 0) is 70.2 Å². The highest BCUT2D eigenvalue weighted by Gasteiger charge is 2.26. The molecule has 0 saturated carbocycles. The Hall–Kier alpha value is -2.96. The van der Waals surface area contributed by atoms with Crippen molar-refractivity contribution in [2.45, 2.75) is 59.4 Å². The van der Waals surface area contributed by atoms with E-state index in [4.69, 9.17) is 9.47 Å². The summed E-state index contributed by atoms with van der Waals surface area (Å²) >= 11 is 3.95. The molecule has 2 heterocycles. The fraction of sp³-hybridized carbons (Fsp3) is 0.464. The molecule has 1 aromatic carbocycles. The van der Waals surface area contributed by atoms with Crippen molar-refractivity contribution in [2.75, 3.05) is 30.0 Å². The van der Waals surface area contributed by atoms with Gasteiger partial charge in [0.2, 0.25) is 5.91 Å². The zero-order valence-electron chi connectivity index (χ0n) is 22.9. The Labute approximate surface area is 245 Å². The number of nitrogens with zero attached hydrogens (tertiary/aromatic N) is 2. The maximum absolute atomic E-state index is 12.8. The first-order valence-electron chi connectivity index (χ1n) is 13.4. The minimum Gasteiger partial charge on any atom is -0.462 e. The summed E-state index contributed by atoms with van der Waals surface area (Å²) in [5, 5.41) is 3.42. The average Bonchev–Trinajstić information content (AvgIpc) is 3.35. The Morgan fingerprint density at radius 2 is 1.73 bits per heavy atom. The van der Waals surface area contributed by atoms with Crippen molar-refractivity contribution in [1.82, 2.24) is 4.57 Å². The highest BCUT2D eigenvalue weighted by molar-refractivity contribution is 8.00. The molecule has 9 nitrogen and oxygen atoms in total. The topological polar surface area (TPSA) is 116 Å². The number of ether oxygens (including phenoxy) is 2. The number of aryl methyl sites for hydroxylation is 2. The lowest BCUT2D eigenvalue weighted by atomic mass is 10.1. The van der Waals surface area contributed by atoms with Gasteiger partial charge in [0.25, 0.3) is 5.91 Å². The van der Waals surface area contributed by atoms with E-state index < -0.39 is 11.9 Å². The van der Waals surface area contributed by atoms with Crippen LogP contribution in [0, 0.1) is 0 Å². The number of thioether (sulfide) groups is 1. The predicted molar refractivity (Wildman–Crippen MR) is 160 cm³/mol. The molecule has 214 valence electrons. The van der Waals surface area contributed by atoms with Gasteiger partial charge in [0, 0.05) is 11.4 Å². The summed E-state index contributed by atoms with van der Waals surface area (Å²) in [5.74, 6) is -1.34. The van der Waals surface area contributed by atoms with Gasteiger partial charge in [0.1, 0.15) is 5.00 Å². The summed E-state index contributed by atoms with van der Waals surface area (Å²) in [4.78, 5) is 56.2. The van der Waals surface area contributed by atoms with E-state index in [-0.39, 0.29) is 29.9 Å². The summed E-state index contributed by atoms with van der Waals surface area (Å²) < 4.78 is 13.1. The molecule has 2 amide bonds. The number of rotatable bonds is 10. The third-order valence-corrected chi connectivity index (χ3v) is 9.51. The number of hydrogen-bond acceptors (Lipinski definition) is 9. The van der Waals surface area contributed by atoms with Crippen molar-refractivity contribution in [3.05, 3.63) is 44.6 Å². The molecule has 4 rings (SSSR count). The summed E-state index contributed by atoms with van der Waals surface area (Å²) in [5.41, 5.74) is 2.81. The van der Waals surface area contributed by atoms with Gasteiger partial charge < -0.3 is 19.4 Å². The molecule has 0 fully saturated rings. The minimum absolute atomic E-state index is 0.0329. The van der Waals surface area contributed by atoms with Crippen LogP contribution in [0.5, 0.6) is 0 Å². The normalized spacial score (nSPS) is 13.5. The van der Waals surface area contributed by atoms with Crippen LogP contribution in [0.15, 0.2) is 23.2 Å². The molecular formula is C28H33N3O6S3. The van der Waals surface area contributed by atoms with Crippen molar-refractivity contribution >= 4 is 73.4 Å². The van der Waals surface area contributed by atoms with E-state index in [1.807, 2.05) is 17.6 Å². The van der Waals surface area contributed by atoms with E-state index in [0.717, 1.165) is 52.8 Å². The molecule has 0 saturated heterocycles. The number of benzene rings is 1. The zero-order valence-corrected chi connectivity index (χ0v) is 25.3. The van der Waals surface area contributed by atoms with Crippen LogP contribution >= 0.6 is 34.4 Å². The number of hydrogen-bond donors (Lipinski definition) is 1. The van der Waals surface area contributed by atoms with Crippen LogP contribution in [-0.2, 0) is 38.4 Å². The van der Waals surface area contributed by atoms with Crippen molar-refractivity contribution in [3.63, 3.8) is 0 Å². The summed E-state index contributed by atoms with van der Waals surface area (Å²) in [6, 6.07) is 5.29.